The number of nitrogens with zero attached hydrogens (tertiary/aromatic N) is 4. The van der Waals surface area contributed by atoms with Gasteiger partial charge in [-0.1, -0.05) is 11.6 Å². The van der Waals surface area contributed by atoms with E-state index >= 15 is 0 Å². The maximum absolute atomic E-state index is 12.6. The van der Waals surface area contributed by atoms with E-state index < -0.39 is 37.9 Å². The molecule has 31 heavy (non-hydrogen) atoms. The second-order valence-electron chi connectivity index (χ2n) is 7.56. The van der Waals surface area contributed by atoms with Crippen LogP contribution in [-0.4, -0.2) is 69.8 Å². The monoisotopic (exact) mass is 476 g/mol. The number of hydrogen-bond donors (Lipinski definition) is 0. The van der Waals surface area contributed by atoms with E-state index in [0.29, 0.717) is 11.2 Å². The Morgan fingerprint density at radius 2 is 1.87 bits per heavy atom. The van der Waals surface area contributed by atoms with Gasteiger partial charge in [-0.3, -0.25) is 9.13 Å². The number of ether oxygens (including phenoxy) is 4. The third-order valence-electron chi connectivity index (χ3n) is 4.90. The molecule has 0 unspecified atom stereocenters. The number of aromatic nitrogens is 4. The van der Waals surface area contributed by atoms with Crippen LogP contribution >= 0.6 is 19.2 Å². The van der Waals surface area contributed by atoms with Crippen molar-refractivity contribution in [2.75, 3.05) is 26.2 Å². The summed E-state index contributed by atoms with van der Waals surface area (Å²) in [5, 5.41) is 0.254. The molecule has 2 aliphatic rings. The van der Waals surface area contributed by atoms with Gasteiger partial charge >= 0.3 is 7.60 Å². The molecule has 0 N–H and O–H groups in total. The first-order valence-corrected chi connectivity index (χ1v) is 12.2. The van der Waals surface area contributed by atoms with E-state index in [0.717, 1.165) is 0 Å². The van der Waals surface area contributed by atoms with Crippen molar-refractivity contribution < 1.29 is 32.6 Å². The van der Waals surface area contributed by atoms with Gasteiger partial charge in [-0.25, -0.2) is 15.0 Å². The SMILES string of the molecule is CCOP(=O)(COC[C@H]1O[C@@H](n2cnc3c(Cl)ncnc32)[C@@H]2OC(C)(C)O[C@@H]21)OCC. The highest BCUT2D eigenvalue weighted by Crippen LogP contribution is 2.48. The molecule has 11 nitrogen and oxygen atoms in total. The van der Waals surface area contributed by atoms with Crippen LogP contribution < -0.4 is 0 Å². The Bertz CT molecular complexity index is 964. The molecular weight excluding hydrogens is 451 g/mol. The zero-order valence-electron chi connectivity index (χ0n) is 17.8. The van der Waals surface area contributed by atoms with Gasteiger partial charge < -0.3 is 28.0 Å². The van der Waals surface area contributed by atoms with E-state index in [2.05, 4.69) is 15.0 Å². The molecule has 0 amide bonds. The van der Waals surface area contributed by atoms with E-state index in [1.807, 2.05) is 13.8 Å². The summed E-state index contributed by atoms with van der Waals surface area (Å²) in [6.45, 7) is 7.81. The van der Waals surface area contributed by atoms with Crippen LogP contribution in [0.15, 0.2) is 12.7 Å². The predicted molar refractivity (Wildman–Crippen MR) is 110 cm³/mol. The lowest BCUT2D eigenvalue weighted by atomic mass is 10.1. The lowest BCUT2D eigenvalue weighted by Crippen LogP contribution is -2.33. The van der Waals surface area contributed by atoms with Crippen molar-refractivity contribution >= 4 is 30.4 Å². The van der Waals surface area contributed by atoms with Gasteiger partial charge in [0.1, 0.15) is 36.5 Å². The Kier molecular flexibility index (Phi) is 6.67. The van der Waals surface area contributed by atoms with Crippen molar-refractivity contribution in [1.29, 1.82) is 0 Å². The van der Waals surface area contributed by atoms with Crippen molar-refractivity contribution in [3.8, 4) is 0 Å². The van der Waals surface area contributed by atoms with Crippen LogP contribution in [0.1, 0.15) is 33.9 Å². The fourth-order valence-corrected chi connectivity index (χ4v) is 5.33. The summed E-state index contributed by atoms with van der Waals surface area (Å²) in [6, 6.07) is 0. The van der Waals surface area contributed by atoms with Crippen molar-refractivity contribution in [3.05, 3.63) is 17.8 Å². The van der Waals surface area contributed by atoms with Gasteiger partial charge in [0.05, 0.1) is 26.1 Å². The van der Waals surface area contributed by atoms with Crippen molar-refractivity contribution in [3.63, 3.8) is 0 Å². The molecular formula is C18H26ClN4O7P. The summed E-state index contributed by atoms with van der Waals surface area (Å²) >= 11 is 6.13. The van der Waals surface area contributed by atoms with E-state index in [1.165, 1.54) is 6.33 Å². The summed E-state index contributed by atoms with van der Waals surface area (Å²) in [5.41, 5.74) is 0.993. The van der Waals surface area contributed by atoms with Gasteiger partial charge in [0.2, 0.25) is 0 Å². The quantitative estimate of drug-likeness (QED) is 0.394. The highest BCUT2D eigenvalue weighted by atomic mass is 35.5. The van der Waals surface area contributed by atoms with Crippen LogP contribution in [-0.2, 0) is 32.6 Å². The molecule has 2 aromatic rings. The number of fused-ring (bicyclic) bond motifs is 2. The Hall–Kier alpha value is -1.17. The fraction of sp³-hybridized carbons (Fsp3) is 0.722. The summed E-state index contributed by atoms with van der Waals surface area (Å²) < 4.78 is 49.0. The standard InChI is InChI=1S/C18H26ClN4O7P/c1-5-26-31(24,27-6-2)10-25-7-11-13-14(30-18(3,4)29-13)17(28-11)23-9-22-12-15(19)20-8-21-16(12)23/h8-9,11,13-14,17H,5-7,10H2,1-4H3/t11-,13-,14-,17-/m1/s1. The van der Waals surface area contributed by atoms with Crippen LogP contribution in [0, 0.1) is 0 Å². The molecule has 0 radical (unpaired) electrons. The number of rotatable bonds is 9. The van der Waals surface area contributed by atoms with Crippen LogP contribution in [0.25, 0.3) is 11.2 Å². The summed E-state index contributed by atoms with van der Waals surface area (Å²) in [6.07, 6.45) is 0.880. The van der Waals surface area contributed by atoms with Crippen molar-refractivity contribution in [2.45, 2.75) is 58.0 Å². The van der Waals surface area contributed by atoms with Gasteiger partial charge in [0, 0.05) is 0 Å². The molecule has 172 valence electrons. The summed E-state index contributed by atoms with van der Waals surface area (Å²) in [5.74, 6) is -0.801. The van der Waals surface area contributed by atoms with Gasteiger partial charge in [-0.2, -0.15) is 0 Å². The van der Waals surface area contributed by atoms with Crippen LogP contribution in [0.2, 0.25) is 5.15 Å². The smallest absolute Gasteiger partial charge is 0.356 e. The zero-order chi connectivity index (χ0) is 22.2. The molecule has 4 heterocycles. The molecule has 2 aromatic heterocycles. The number of halogens is 1. The zero-order valence-corrected chi connectivity index (χ0v) is 19.4. The van der Waals surface area contributed by atoms with Crippen molar-refractivity contribution in [1.82, 2.24) is 19.5 Å². The second kappa shape index (κ2) is 8.99. The lowest BCUT2D eigenvalue weighted by Gasteiger charge is -2.25. The summed E-state index contributed by atoms with van der Waals surface area (Å²) in [7, 11) is -3.33. The Balaban J connectivity index is 1.52. The van der Waals surface area contributed by atoms with E-state index in [4.69, 9.17) is 39.6 Å². The first-order chi connectivity index (χ1) is 14.8. The molecule has 2 fully saturated rings. The maximum atomic E-state index is 12.6. The fourth-order valence-electron chi connectivity index (χ4n) is 3.81. The molecule has 4 rings (SSSR count). The molecule has 13 heteroatoms. The largest absolute Gasteiger partial charge is 0.366 e. The minimum atomic E-state index is -3.33. The Morgan fingerprint density at radius 1 is 1.16 bits per heavy atom. The normalized spacial score (nSPS) is 27.8. The molecule has 2 aliphatic heterocycles. The van der Waals surface area contributed by atoms with E-state index in [9.17, 15) is 4.57 Å². The average Bonchev–Trinajstić information content (AvgIpc) is 3.34. The van der Waals surface area contributed by atoms with Crippen LogP contribution in [0.5, 0.6) is 0 Å². The second-order valence-corrected chi connectivity index (χ2v) is 9.92. The predicted octanol–water partition coefficient (Wildman–Crippen LogP) is 3.14. The highest BCUT2D eigenvalue weighted by molar-refractivity contribution is 7.53. The van der Waals surface area contributed by atoms with E-state index in [1.54, 1.807) is 24.7 Å². The minimum absolute atomic E-state index is 0.115. The first-order valence-electron chi connectivity index (χ1n) is 10.1. The molecule has 0 aromatic carbocycles. The molecule has 0 bridgehead atoms. The summed E-state index contributed by atoms with van der Waals surface area (Å²) in [4.78, 5) is 12.5. The minimum Gasteiger partial charge on any atom is -0.366 e. The average molecular weight is 477 g/mol. The van der Waals surface area contributed by atoms with Crippen molar-refractivity contribution in [2.24, 2.45) is 0 Å². The van der Waals surface area contributed by atoms with Gasteiger partial charge in [-0.05, 0) is 27.7 Å². The number of imidazole rings is 1. The number of hydrogen-bond acceptors (Lipinski definition) is 10. The van der Waals surface area contributed by atoms with Gasteiger partial charge in [0.15, 0.2) is 22.8 Å². The lowest BCUT2D eigenvalue weighted by molar-refractivity contribution is -0.201. The molecule has 0 spiro atoms. The molecule has 0 aliphatic carbocycles. The van der Waals surface area contributed by atoms with Gasteiger partial charge in [0.25, 0.3) is 0 Å². The third-order valence-corrected chi connectivity index (χ3v) is 6.98. The third kappa shape index (κ3) is 4.65. The van der Waals surface area contributed by atoms with E-state index in [-0.39, 0.29) is 31.3 Å². The first kappa shape index (κ1) is 23.0. The van der Waals surface area contributed by atoms with Crippen LogP contribution in [0.3, 0.4) is 0 Å². The van der Waals surface area contributed by atoms with Gasteiger partial charge in [-0.15, -0.1) is 0 Å². The topological polar surface area (TPSA) is 116 Å². The molecule has 0 saturated carbocycles. The molecule has 2 saturated heterocycles. The maximum Gasteiger partial charge on any atom is 0.356 e. The van der Waals surface area contributed by atoms with Crippen LogP contribution in [0.4, 0.5) is 0 Å². The molecule has 4 atom stereocenters. The Morgan fingerprint density at radius 3 is 2.58 bits per heavy atom. The highest BCUT2D eigenvalue weighted by Gasteiger charge is 2.56. The Labute approximate surface area is 184 Å².